The molecule has 0 bridgehead atoms. The molecule has 0 aromatic carbocycles. The van der Waals surface area contributed by atoms with Crippen LogP contribution in [-0.2, 0) is 9.85 Å². The number of nitrogens with zero attached hydrogens (tertiary/aromatic N) is 3. The smallest absolute Gasteiger partial charge is 0.183 e. The van der Waals surface area contributed by atoms with E-state index in [1.54, 1.807) is 17.2 Å². The van der Waals surface area contributed by atoms with Crippen LogP contribution < -0.4 is 0 Å². The maximum absolute atomic E-state index is 10.5. The summed E-state index contributed by atoms with van der Waals surface area (Å²) < 4.78 is 12.2. The van der Waals surface area contributed by atoms with Crippen LogP contribution in [-0.4, -0.2) is 14.8 Å². The molecule has 0 atom stereocenters. The van der Waals surface area contributed by atoms with Gasteiger partial charge in [-0.25, -0.2) is 0 Å². The zero-order chi connectivity index (χ0) is 7.61. The molecule has 1 aromatic rings. The van der Waals surface area contributed by atoms with Gasteiger partial charge < -0.3 is 4.57 Å². The number of hydrogen-bond donors (Lipinski definition) is 0. The highest BCUT2D eigenvalue weighted by Crippen LogP contribution is 2.26. The molecule has 10 heavy (non-hydrogen) atoms. The standard InChI is InChI=1S/C5H8N3OP/c1-5(2,10-9)8-3-6-7-4-8/h3-4H,1-2H3. The highest BCUT2D eigenvalue weighted by atomic mass is 31.1. The summed E-state index contributed by atoms with van der Waals surface area (Å²) in [6.07, 6.45) is 3.09. The molecule has 4 nitrogen and oxygen atoms in total. The summed E-state index contributed by atoms with van der Waals surface area (Å²) in [7, 11) is 0.0648. The van der Waals surface area contributed by atoms with Crippen molar-refractivity contribution < 1.29 is 4.57 Å². The van der Waals surface area contributed by atoms with E-state index in [0.717, 1.165) is 0 Å². The number of hydrogen-bond acceptors (Lipinski definition) is 3. The van der Waals surface area contributed by atoms with Crippen molar-refractivity contribution in [1.82, 2.24) is 14.8 Å². The molecule has 0 unspecified atom stereocenters. The topological polar surface area (TPSA) is 47.8 Å². The minimum absolute atomic E-state index is 0.0648. The van der Waals surface area contributed by atoms with Gasteiger partial charge >= 0.3 is 0 Å². The molecule has 0 aliphatic heterocycles. The van der Waals surface area contributed by atoms with Crippen molar-refractivity contribution in [2.24, 2.45) is 0 Å². The van der Waals surface area contributed by atoms with Crippen molar-refractivity contribution >= 4 is 8.46 Å². The Bertz CT molecular complexity index is 219. The molecule has 1 rings (SSSR count). The third-order valence-electron chi connectivity index (χ3n) is 1.27. The minimum atomic E-state index is -0.427. The summed E-state index contributed by atoms with van der Waals surface area (Å²) >= 11 is 0. The highest BCUT2D eigenvalue weighted by molar-refractivity contribution is 7.24. The Hall–Kier alpha value is -0.760. The van der Waals surface area contributed by atoms with Crippen LogP contribution in [0.25, 0.3) is 0 Å². The number of rotatable bonds is 2. The summed E-state index contributed by atoms with van der Waals surface area (Å²) in [5.41, 5.74) is 0. The summed E-state index contributed by atoms with van der Waals surface area (Å²) in [6, 6.07) is 0. The minimum Gasteiger partial charge on any atom is -0.304 e. The fourth-order valence-corrected chi connectivity index (χ4v) is 0.728. The molecular formula is C5H8N3OP. The molecule has 0 saturated carbocycles. The largest absolute Gasteiger partial charge is 0.304 e. The molecule has 0 amide bonds. The summed E-state index contributed by atoms with van der Waals surface area (Å²) in [5.74, 6) is 0. The lowest BCUT2D eigenvalue weighted by molar-refractivity contribution is 0.491. The number of aromatic nitrogens is 3. The lowest BCUT2D eigenvalue weighted by Crippen LogP contribution is -2.16. The van der Waals surface area contributed by atoms with E-state index >= 15 is 0 Å². The van der Waals surface area contributed by atoms with Gasteiger partial charge in [-0.05, 0) is 13.8 Å². The van der Waals surface area contributed by atoms with Crippen molar-refractivity contribution in [2.45, 2.75) is 19.1 Å². The zero-order valence-corrected chi connectivity index (χ0v) is 6.75. The maximum Gasteiger partial charge on any atom is 0.183 e. The van der Waals surface area contributed by atoms with Crippen molar-refractivity contribution in [3.05, 3.63) is 12.7 Å². The average molecular weight is 157 g/mol. The summed E-state index contributed by atoms with van der Waals surface area (Å²) in [5, 5.41) is 6.78. The Labute approximate surface area is 60.5 Å². The molecular weight excluding hydrogens is 149 g/mol. The van der Waals surface area contributed by atoms with Gasteiger partial charge in [0.15, 0.2) is 8.46 Å². The van der Waals surface area contributed by atoms with Crippen molar-refractivity contribution in [3.8, 4) is 0 Å². The molecule has 1 aromatic heterocycles. The van der Waals surface area contributed by atoms with Crippen molar-refractivity contribution in [2.75, 3.05) is 0 Å². The predicted octanol–water partition coefficient (Wildman–Crippen LogP) is 1.26. The fraction of sp³-hybridized carbons (Fsp3) is 0.600. The van der Waals surface area contributed by atoms with Gasteiger partial charge in [0.25, 0.3) is 0 Å². The first-order valence-electron chi connectivity index (χ1n) is 2.86. The van der Waals surface area contributed by atoms with Gasteiger partial charge in [0, 0.05) is 0 Å². The Morgan fingerprint density at radius 3 is 2.30 bits per heavy atom. The molecule has 1 heterocycles. The first-order chi connectivity index (χ1) is 4.67. The zero-order valence-electron chi connectivity index (χ0n) is 5.85. The quantitative estimate of drug-likeness (QED) is 0.607. The van der Waals surface area contributed by atoms with Crippen LogP contribution in [0.1, 0.15) is 13.8 Å². The van der Waals surface area contributed by atoms with Crippen molar-refractivity contribution in [3.63, 3.8) is 0 Å². The van der Waals surface area contributed by atoms with E-state index in [9.17, 15) is 4.57 Å². The van der Waals surface area contributed by atoms with E-state index in [1.807, 2.05) is 13.8 Å². The van der Waals surface area contributed by atoms with Gasteiger partial charge in [0.05, 0.1) is 0 Å². The van der Waals surface area contributed by atoms with E-state index < -0.39 is 5.28 Å². The molecule has 0 N–H and O–H groups in total. The van der Waals surface area contributed by atoms with Crippen LogP contribution in [0, 0.1) is 0 Å². The molecule has 0 radical (unpaired) electrons. The third kappa shape index (κ3) is 1.21. The van der Waals surface area contributed by atoms with E-state index in [0.29, 0.717) is 0 Å². The second-order valence-corrected chi connectivity index (χ2v) is 3.73. The monoisotopic (exact) mass is 157 g/mol. The molecule has 0 spiro atoms. The van der Waals surface area contributed by atoms with E-state index in [1.165, 1.54) is 0 Å². The Kier molecular flexibility index (Phi) is 1.81. The maximum atomic E-state index is 10.5. The summed E-state index contributed by atoms with van der Waals surface area (Å²) in [4.78, 5) is 0. The van der Waals surface area contributed by atoms with E-state index in [4.69, 9.17) is 0 Å². The molecule has 54 valence electrons. The van der Waals surface area contributed by atoms with Gasteiger partial charge in [0.2, 0.25) is 0 Å². The first kappa shape index (κ1) is 7.35. The normalized spacial score (nSPS) is 12.2. The molecule has 0 aliphatic carbocycles. The van der Waals surface area contributed by atoms with Gasteiger partial charge in [-0.1, -0.05) is 0 Å². The molecule has 5 heteroatoms. The Morgan fingerprint density at radius 1 is 1.40 bits per heavy atom. The van der Waals surface area contributed by atoms with Crippen LogP contribution >= 0.6 is 8.46 Å². The first-order valence-corrected chi connectivity index (χ1v) is 3.67. The molecule has 0 fully saturated rings. The van der Waals surface area contributed by atoms with Crippen LogP contribution in [0.15, 0.2) is 12.7 Å². The van der Waals surface area contributed by atoms with Gasteiger partial charge in [-0.3, -0.25) is 4.57 Å². The molecule has 0 aliphatic rings. The average Bonchev–Trinajstić information content (AvgIpc) is 2.38. The summed E-state index contributed by atoms with van der Waals surface area (Å²) in [6.45, 7) is 3.68. The SMILES string of the molecule is CC(C)(P=O)n1cnnc1. The second kappa shape index (κ2) is 2.46. The highest BCUT2D eigenvalue weighted by Gasteiger charge is 2.19. The third-order valence-corrected chi connectivity index (χ3v) is 1.95. The van der Waals surface area contributed by atoms with Crippen LogP contribution in [0.4, 0.5) is 0 Å². The fourth-order valence-electron chi connectivity index (χ4n) is 0.530. The van der Waals surface area contributed by atoms with Gasteiger partial charge in [-0.2, -0.15) is 0 Å². The predicted molar refractivity (Wildman–Crippen MR) is 37.0 cm³/mol. The van der Waals surface area contributed by atoms with Gasteiger partial charge in [-0.15, -0.1) is 10.2 Å². The van der Waals surface area contributed by atoms with E-state index in [2.05, 4.69) is 10.2 Å². The van der Waals surface area contributed by atoms with Gasteiger partial charge in [0.1, 0.15) is 17.9 Å². The van der Waals surface area contributed by atoms with Crippen molar-refractivity contribution in [1.29, 1.82) is 0 Å². The van der Waals surface area contributed by atoms with Crippen LogP contribution in [0.3, 0.4) is 0 Å². The Morgan fingerprint density at radius 2 is 1.90 bits per heavy atom. The lowest BCUT2D eigenvalue weighted by atomic mass is 10.4. The molecule has 0 saturated heterocycles. The second-order valence-electron chi connectivity index (χ2n) is 2.45. The lowest BCUT2D eigenvalue weighted by Gasteiger charge is -2.15. The van der Waals surface area contributed by atoms with Crippen LogP contribution in [0.2, 0.25) is 0 Å². The Balaban J connectivity index is 2.95. The van der Waals surface area contributed by atoms with E-state index in [-0.39, 0.29) is 8.46 Å². The van der Waals surface area contributed by atoms with Crippen LogP contribution in [0.5, 0.6) is 0 Å².